The zero-order valence-corrected chi connectivity index (χ0v) is 20.2. The zero-order valence-electron chi connectivity index (χ0n) is 20.2. The molecule has 0 bridgehead atoms. The summed E-state index contributed by atoms with van der Waals surface area (Å²) in [6.07, 6.45) is -2.07. The quantitative estimate of drug-likeness (QED) is 0.283. The third-order valence-corrected chi connectivity index (χ3v) is 6.30. The number of H-pyrrole nitrogens is 1. The van der Waals surface area contributed by atoms with Crippen LogP contribution < -0.4 is 20.3 Å². The van der Waals surface area contributed by atoms with Crippen molar-refractivity contribution >= 4 is 34.2 Å². The van der Waals surface area contributed by atoms with Crippen LogP contribution in [0, 0.1) is 5.82 Å². The summed E-state index contributed by atoms with van der Waals surface area (Å²) in [5.41, 5.74) is 3.37. The minimum Gasteiger partial charge on any atom is -0.406 e. The summed E-state index contributed by atoms with van der Waals surface area (Å²) in [6, 6.07) is 12.1. The van der Waals surface area contributed by atoms with Crippen LogP contribution in [0.4, 0.5) is 29.2 Å². The standard InChI is InChI=1S/C26H21F4N7O2/c27-17-12-22(36-8-6-31-7-9-36)23-32-21(14-37(23)13-17)24(38)35-25-33-19-5-4-16(11-20(19)34-25)15-2-1-3-18(10-15)39-26(28,29)30/h1-5,10-14,31H,6-9H2,(H2,33,34,35,38). The van der Waals surface area contributed by atoms with Gasteiger partial charge in [-0.1, -0.05) is 18.2 Å². The summed E-state index contributed by atoms with van der Waals surface area (Å²) in [6.45, 7) is 2.90. The van der Waals surface area contributed by atoms with Crippen molar-refractivity contribution < 1.29 is 27.1 Å². The molecule has 6 rings (SSSR count). The SMILES string of the molecule is O=C(Nc1nc2cc(-c3cccc(OC(F)(F)F)c3)ccc2[nH]1)c1cn2cc(F)cc(N3CCNCC3)c2n1. The molecule has 0 unspecified atom stereocenters. The number of ether oxygens (including phenoxy) is 1. The lowest BCUT2D eigenvalue weighted by Gasteiger charge is -2.29. The van der Waals surface area contributed by atoms with Crippen LogP contribution in [-0.2, 0) is 0 Å². The Bertz CT molecular complexity index is 1690. The molecule has 200 valence electrons. The van der Waals surface area contributed by atoms with Crippen LogP contribution >= 0.6 is 0 Å². The number of imidazole rings is 2. The highest BCUT2D eigenvalue weighted by atomic mass is 19.4. The number of aromatic nitrogens is 4. The van der Waals surface area contributed by atoms with Gasteiger partial charge >= 0.3 is 6.36 Å². The molecule has 2 aromatic carbocycles. The first-order chi connectivity index (χ1) is 18.7. The van der Waals surface area contributed by atoms with Gasteiger partial charge in [0, 0.05) is 44.6 Å². The highest BCUT2D eigenvalue weighted by Gasteiger charge is 2.31. The average molecular weight is 539 g/mol. The normalized spacial score (nSPS) is 14.2. The fraction of sp³-hybridized carbons (Fsp3) is 0.192. The first kappa shape index (κ1) is 24.7. The Labute approximate surface area is 218 Å². The van der Waals surface area contributed by atoms with Gasteiger partial charge < -0.3 is 24.3 Å². The second-order valence-electron chi connectivity index (χ2n) is 8.98. The smallest absolute Gasteiger partial charge is 0.406 e. The molecule has 0 aliphatic carbocycles. The fourth-order valence-corrected chi connectivity index (χ4v) is 4.58. The number of carbonyl (C=O) groups is 1. The molecule has 5 aromatic rings. The van der Waals surface area contributed by atoms with E-state index < -0.39 is 18.1 Å². The van der Waals surface area contributed by atoms with Gasteiger partial charge in [-0.15, -0.1) is 13.2 Å². The number of alkyl halides is 3. The molecular formula is C26H21F4N7O2. The van der Waals surface area contributed by atoms with E-state index in [2.05, 4.69) is 30.3 Å². The Morgan fingerprint density at radius 2 is 1.79 bits per heavy atom. The van der Waals surface area contributed by atoms with Crippen molar-refractivity contribution in [3.05, 3.63) is 72.4 Å². The molecule has 9 nitrogen and oxygen atoms in total. The number of amides is 1. The minimum atomic E-state index is -4.79. The number of carbonyl (C=O) groups excluding carboxylic acids is 1. The molecule has 3 N–H and O–H groups in total. The number of fused-ring (bicyclic) bond motifs is 2. The zero-order chi connectivity index (χ0) is 27.1. The largest absolute Gasteiger partial charge is 0.573 e. The number of halogens is 4. The summed E-state index contributed by atoms with van der Waals surface area (Å²) in [5.74, 6) is -1.15. The molecule has 0 saturated carbocycles. The molecule has 1 saturated heterocycles. The summed E-state index contributed by atoms with van der Waals surface area (Å²) >= 11 is 0. The molecule has 0 radical (unpaired) electrons. The van der Waals surface area contributed by atoms with Crippen LogP contribution in [0.2, 0.25) is 0 Å². The van der Waals surface area contributed by atoms with Gasteiger partial charge in [-0.2, -0.15) is 0 Å². The first-order valence-electron chi connectivity index (χ1n) is 12.0. The van der Waals surface area contributed by atoms with E-state index in [1.54, 1.807) is 24.3 Å². The Kier molecular flexibility index (Phi) is 6.06. The Morgan fingerprint density at radius 3 is 2.59 bits per heavy atom. The molecular weight excluding hydrogens is 518 g/mol. The lowest BCUT2D eigenvalue weighted by molar-refractivity contribution is -0.274. The van der Waals surface area contributed by atoms with Gasteiger partial charge in [0.05, 0.1) is 16.7 Å². The van der Waals surface area contributed by atoms with Crippen molar-refractivity contribution in [3.8, 4) is 16.9 Å². The molecule has 4 heterocycles. The minimum absolute atomic E-state index is 0.0830. The van der Waals surface area contributed by atoms with Crippen LogP contribution in [0.25, 0.3) is 27.8 Å². The average Bonchev–Trinajstić information content (AvgIpc) is 3.51. The number of rotatable bonds is 5. The summed E-state index contributed by atoms with van der Waals surface area (Å²) in [7, 11) is 0. The first-order valence-corrected chi connectivity index (χ1v) is 12.0. The predicted molar refractivity (Wildman–Crippen MR) is 136 cm³/mol. The van der Waals surface area contributed by atoms with Crippen molar-refractivity contribution in [2.24, 2.45) is 0 Å². The lowest BCUT2D eigenvalue weighted by atomic mass is 10.0. The van der Waals surface area contributed by atoms with Crippen molar-refractivity contribution in [1.29, 1.82) is 0 Å². The molecule has 1 fully saturated rings. The van der Waals surface area contributed by atoms with Gasteiger partial charge in [0.1, 0.15) is 17.3 Å². The Morgan fingerprint density at radius 1 is 1.00 bits per heavy atom. The number of anilines is 2. The number of nitrogens with zero attached hydrogens (tertiary/aromatic N) is 4. The molecule has 13 heteroatoms. The van der Waals surface area contributed by atoms with Crippen molar-refractivity contribution in [1.82, 2.24) is 24.7 Å². The number of piperazine rings is 1. The van der Waals surface area contributed by atoms with Gasteiger partial charge in [0.25, 0.3) is 5.91 Å². The number of aromatic amines is 1. The van der Waals surface area contributed by atoms with Crippen LogP contribution in [0.5, 0.6) is 5.75 Å². The van der Waals surface area contributed by atoms with E-state index in [4.69, 9.17) is 0 Å². The van der Waals surface area contributed by atoms with E-state index in [1.807, 2.05) is 4.90 Å². The monoisotopic (exact) mass is 539 g/mol. The van der Waals surface area contributed by atoms with Crippen LogP contribution in [-0.4, -0.2) is 57.8 Å². The Hall–Kier alpha value is -4.65. The van der Waals surface area contributed by atoms with E-state index >= 15 is 0 Å². The van der Waals surface area contributed by atoms with E-state index in [9.17, 15) is 22.4 Å². The van der Waals surface area contributed by atoms with E-state index in [0.717, 1.165) is 13.1 Å². The van der Waals surface area contributed by atoms with Gasteiger partial charge in [-0.05, 0) is 35.4 Å². The third-order valence-electron chi connectivity index (χ3n) is 6.30. The van der Waals surface area contributed by atoms with Crippen LogP contribution in [0.15, 0.2) is 60.9 Å². The van der Waals surface area contributed by atoms with Gasteiger partial charge in [0.2, 0.25) is 5.95 Å². The van der Waals surface area contributed by atoms with Gasteiger partial charge in [-0.3, -0.25) is 10.1 Å². The Balaban J connectivity index is 1.24. The number of pyridine rings is 1. The molecule has 1 amide bonds. The predicted octanol–water partition coefficient (Wildman–Crippen LogP) is 4.58. The number of hydrogen-bond acceptors (Lipinski definition) is 6. The van der Waals surface area contributed by atoms with Crippen LogP contribution in [0.1, 0.15) is 10.5 Å². The molecule has 0 atom stereocenters. The molecule has 3 aromatic heterocycles. The molecule has 39 heavy (non-hydrogen) atoms. The van der Waals surface area contributed by atoms with E-state index in [0.29, 0.717) is 46.6 Å². The van der Waals surface area contributed by atoms with Gasteiger partial charge in [-0.25, -0.2) is 14.4 Å². The maximum atomic E-state index is 14.3. The number of nitrogens with one attached hydrogen (secondary N) is 3. The van der Waals surface area contributed by atoms with E-state index in [-0.39, 0.29) is 17.4 Å². The lowest BCUT2D eigenvalue weighted by Crippen LogP contribution is -2.43. The third kappa shape index (κ3) is 5.21. The maximum Gasteiger partial charge on any atom is 0.573 e. The van der Waals surface area contributed by atoms with Crippen LogP contribution in [0.3, 0.4) is 0 Å². The molecule has 1 aliphatic heterocycles. The molecule has 1 aliphatic rings. The summed E-state index contributed by atoms with van der Waals surface area (Å²) < 4.78 is 57.6. The second kappa shape index (κ2) is 9.58. The van der Waals surface area contributed by atoms with Crippen molar-refractivity contribution in [2.45, 2.75) is 6.36 Å². The van der Waals surface area contributed by atoms with Crippen molar-refractivity contribution in [2.75, 3.05) is 36.4 Å². The van der Waals surface area contributed by atoms with Gasteiger partial charge in [0.15, 0.2) is 5.65 Å². The highest BCUT2D eigenvalue weighted by molar-refractivity contribution is 6.03. The number of benzene rings is 2. The highest BCUT2D eigenvalue weighted by Crippen LogP contribution is 2.30. The van der Waals surface area contributed by atoms with Crippen molar-refractivity contribution in [3.63, 3.8) is 0 Å². The summed E-state index contributed by atoms with van der Waals surface area (Å²) in [4.78, 5) is 26.9. The second-order valence-corrected chi connectivity index (χ2v) is 8.98. The summed E-state index contributed by atoms with van der Waals surface area (Å²) in [5, 5.41) is 5.92. The maximum absolute atomic E-state index is 14.3. The fourth-order valence-electron chi connectivity index (χ4n) is 4.58. The number of hydrogen-bond donors (Lipinski definition) is 3. The van der Waals surface area contributed by atoms with E-state index in [1.165, 1.54) is 41.1 Å². The topological polar surface area (TPSA) is 99.6 Å². The molecule has 0 spiro atoms.